The number of nitrogens with zero attached hydrogens (tertiary/aromatic N) is 2. The number of piperazine rings is 1. The SMILES string of the molecule is CN1CCN(C(CNS(=O)(=O)c2ccc(F)c(C(F)(F)F)c2)c2ccc3c(c2)OCO3)CC1. The highest BCUT2D eigenvalue weighted by Crippen LogP contribution is 2.36. The minimum absolute atomic E-state index is 0.0928. The number of benzene rings is 2. The van der Waals surface area contributed by atoms with Crippen molar-refractivity contribution < 1.29 is 35.5 Å². The van der Waals surface area contributed by atoms with Crippen molar-refractivity contribution in [2.45, 2.75) is 17.1 Å². The molecule has 0 aliphatic carbocycles. The van der Waals surface area contributed by atoms with Crippen LogP contribution in [0, 0.1) is 5.82 Å². The molecule has 12 heteroatoms. The van der Waals surface area contributed by atoms with Crippen LogP contribution in [0.2, 0.25) is 0 Å². The van der Waals surface area contributed by atoms with Crippen molar-refractivity contribution in [2.24, 2.45) is 0 Å². The van der Waals surface area contributed by atoms with Crippen LogP contribution in [0.4, 0.5) is 17.6 Å². The van der Waals surface area contributed by atoms with Gasteiger partial charge >= 0.3 is 6.18 Å². The first-order valence-electron chi connectivity index (χ1n) is 10.2. The smallest absolute Gasteiger partial charge is 0.419 e. The van der Waals surface area contributed by atoms with E-state index in [0.717, 1.165) is 24.7 Å². The molecule has 2 aromatic rings. The molecule has 7 nitrogen and oxygen atoms in total. The number of nitrogens with one attached hydrogen (secondary N) is 1. The topological polar surface area (TPSA) is 71.1 Å². The van der Waals surface area contributed by atoms with Crippen LogP contribution in [-0.4, -0.2) is 64.8 Å². The Hall–Kier alpha value is -2.41. The molecule has 0 radical (unpaired) electrons. The summed E-state index contributed by atoms with van der Waals surface area (Å²) in [6.45, 7) is 2.90. The number of rotatable bonds is 6. The third-order valence-electron chi connectivity index (χ3n) is 5.78. The highest BCUT2D eigenvalue weighted by molar-refractivity contribution is 7.89. The fourth-order valence-corrected chi connectivity index (χ4v) is 4.94. The number of alkyl halides is 3. The monoisotopic (exact) mass is 489 g/mol. The first-order valence-corrected chi connectivity index (χ1v) is 11.7. The molecule has 33 heavy (non-hydrogen) atoms. The minimum Gasteiger partial charge on any atom is -0.454 e. The molecule has 0 amide bonds. The molecule has 2 aliphatic heterocycles. The molecule has 4 rings (SSSR count). The first kappa shape index (κ1) is 23.7. The zero-order valence-corrected chi connectivity index (χ0v) is 18.5. The summed E-state index contributed by atoms with van der Waals surface area (Å²) < 4.78 is 91.5. The van der Waals surface area contributed by atoms with Crippen LogP contribution >= 0.6 is 0 Å². The van der Waals surface area contributed by atoms with Gasteiger partial charge in [-0.15, -0.1) is 0 Å². The zero-order valence-electron chi connectivity index (χ0n) is 17.7. The predicted octanol–water partition coefficient (Wildman–Crippen LogP) is 2.84. The molecule has 0 aromatic heterocycles. The van der Waals surface area contributed by atoms with Crippen molar-refractivity contribution in [3.63, 3.8) is 0 Å². The molecule has 1 atom stereocenters. The van der Waals surface area contributed by atoms with E-state index in [1.54, 1.807) is 12.1 Å². The van der Waals surface area contributed by atoms with Gasteiger partial charge in [-0.1, -0.05) is 6.07 Å². The lowest BCUT2D eigenvalue weighted by atomic mass is 10.0. The van der Waals surface area contributed by atoms with Crippen LogP contribution in [0.15, 0.2) is 41.3 Å². The van der Waals surface area contributed by atoms with E-state index in [9.17, 15) is 26.0 Å². The Morgan fingerprint density at radius 2 is 1.73 bits per heavy atom. The molecule has 2 heterocycles. The predicted molar refractivity (Wildman–Crippen MR) is 111 cm³/mol. The average molecular weight is 489 g/mol. The molecule has 0 saturated carbocycles. The summed E-state index contributed by atoms with van der Waals surface area (Å²) in [4.78, 5) is 3.60. The summed E-state index contributed by atoms with van der Waals surface area (Å²) in [7, 11) is -2.35. The van der Waals surface area contributed by atoms with E-state index < -0.39 is 38.5 Å². The maximum Gasteiger partial charge on any atom is 0.419 e. The lowest BCUT2D eigenvalue weighted by molar-refractivity contribution is -0.140. The van der Waals surface area contributed by atoms with Crippen molar-refractivity contribution in [3.8, 4) is 11.5 Å². The van der Waals surface area contributed by atoms with Crippen LogP contribution < -0.4 is 14.2 Å². The van der Waals surface area contributed by atoms with Crippen LogP contribution in [0.3, 0.4) is 0 Å². The number of hydrogen-bond donors (Lipinski definition) is 1. The van der Waals surface area contributed by atoms with Gasteiger partial charge in [-0.25, -0.2) is 17.5 Å². The molecule has 180 valence electrons. The molecule has 1 saturated heterocycles. The van der Waals surface area contributed by atoms with Gasteiger partial charge in [0.2, 0.25) is 16.8 Å². The third-order valence-corrected chi connectivity index (χ3v) is 7.20. The summed E-state index contributed by atoms with van der Waals surface area (Å²) in [6.07, 6.45) is -5.01. The fourth-order valence-electron chi connectivity index (χ4n) is 3.87. The summed E-state index contributed by atoms with van der Waals surface area (Å²) in [6, 6.07) is 6.56. The Kier molecular flexibility index (Phi) is 6.54. The van der Waals surface area contributed by atoms with Gasteiger partial charge in [0.15, 0.2) is 11.5 Å². The van der Waals surface area contributed by atoms with Crippen molar-refractivity contribution in [1.82, 2.24) is 14.5 Å². The molecule has 1 N–H and O–H groups in total. The van der Waals surface area contributed by atoms with Gasteiger partial charge in [0.25, 0.3) is 0 Å². The number of hydrogen-bond acceptors (Lipinski definition) is 6. The largest absolute Gasteiger partial charge is 0.454 e. The molecular weight excluding hydrogens is 466 g/mol. The maximum absolute atomic E-state index is 13.6. The van der Waals surface area contributed by atoms with E-state index in [-0.39, 0.29) is 13.3 Å². The Morgan fingerprint density at radius 3 is 2.42 bits per heavy atom. The van der Waals surface area contributed by atoms with E-state index >= 15 is 0 Å². The van der Waals surface area contributed by atoms with E-state index in [1.807, 2.05) is 13.1 Å². The van der Waals surface area contributed by atoms with Gasteiger partial charge in [-0.05, 0) is 42.9 Å². The van der Waals surface area contributed by atoms with Crippen molar-refractivity contribution >= 4 is 10.0 Å². The molecular formula is C21H23F4N3O4S. The molecule has 2 aromatic carbocycles. The third kappa shape index (κ3) is 5.24. The first-order chi connectivity index (χ1) is 15.5. The standard InChI is InChI=1S/C21H23F4N3O4S/c1-27-6-8-28(9-7-27)18(14-2-5-19-20(10-14)32-13-31-19)12-26-33(29,30)15-3-4-17(22)16(11-15)21(23,24)25/h2-5,10-11,18,26H,6-9,12-13H2,1H3. The van der Waals surface area contributed by atoms with Crippen LogP contribution in [-0.2, 0) is 16.2 Å². The Labute approximate surface area is 188 Å². The van der Waals surface area contributed by atoms with E-state index in [0.29, 0.717) is 36.7 Å². The number of sulfonamides is 1. The number of likely N-dealkylation sites (N-methyl/N-ethyl adjacent to an activating group) is 1. The van der Waals surface area contributed by atoms with E-state index in [2.05, 4.69) is 14.5 Å². The average Bonchev–Trinajstić information content (AvgIpc) is 3.22. The van der Waals surface area contributed by atoms with Gasteiger partial charge in [-0.3, -0.25) is 4.90 Å². The summed E-state index contributed by atoms with van der Waals surface area (Å²) >= 11 is 0. The van der Waals surface area contributed by atoms with Gasteiger partial charge in [0.05, 0.1) is 10.5 Å². The molecule has 0 spiro atoms. The van der Waals surface area contributed by atoms with Gasteiger partial charge < -0.3 is 14.4 Å². The number of ether oxygens (including phenoxy) is 2. The Morgan fingerprint density at radius 1 is 1.03 bits per heavy atom. The summed E-state index contributed by atoms with van der Waals surface area (Å²) in [5.74, 6) is -0.401. The molecule has 1 fully saturated rings. The number of halogens is 4. The number of fused-ring (bicyclic) bond motifs is 1. The van der Waals surface area contributed by atoms with E-state index in [1.165, 1.54) is 0 Å². The molecule has 1 unspecified atom stereocenters. The maximum atomic E-state index is 13.6. The van der Waals surface area contributed by atoms with Gasteiger partial charge in [0, 0.05) is 38.8 Å². The summed E-state index contributed by atoms with van der Waals surface area (Å²) in [5.41, 5.74) is -0.849. The quantitative estimate of drug-likeness (QED) is 0.630. The van der Waals surface area contributed by atoms with Crippen molar-refractivity contribution in [2.75, 3.05) is 46.6 Å². The summed E-state index contributed by atoms with van der Waals surface area (Å²) in [5, 5.41) is 0. The fraction of sp³-hybridized carbons (Fsp3) is 0.429. The second kappa shape index (κ2) is 9.09. The van der Waals surface area contributed by atoms with Crippen LogP contribution in [0.1, 0.15) is 17.2 Å². The van der Waals surface area contributed by atoms with Crippen molar-refractivity contribution in [3.05, 3.63) is 53.3 Å². The normalized spacial score (nSPS) is 18.5. The van der Waals surface area contributed by atoms with Gasteiger partial charge in [0.1, 0.15) is 5.82 Å². The lowest BCUT2D eigenvalue weighted by Gasteiger charge is -2.38. The second-order valence-corrected chi connectivity index (χ2v) is 9.73. The van der Waals surface area contributed by atoms with Gasteiger partial charge in [-0.2, -0.15) is 13.2 Å². The van der Waals surface area contributed by atoms with Crippen LogP contribution in [0.5, 0.6) is 11.5 Å². The Bertz CT molecular complexity index is 1120. The Balaban J connectivity index is 1.59. The highest BCUT2D eigenvalue weighted by Gasteiger charge is 2.35. The molecule has 2 aliphatic rings. The highest BCUT2D eigenvalue weighted by atomic mass is 32.2. The minimum atomic E-state index is -5.01. The lowest BCUT2D eigenvalue weighted by Crippen LogP contribution is -2.48. The van der Waals surface area contributed by atoms with Crippen molar-refractivity contribution in [1.29, 1.82) is 0 Å². The molecule has 0 bridgehead atoms. The second-order valence-electron chi connectivity index (χ2n) is 7.96. The van der Waals surface area contributed by atoms with Crippen LogP contribution in [0.25, 0.3) is 0 Å². The zero-order chi connectivity index (χ0) is 23.8. The van der Waals surface area contributed by atoms with E-state index in [4.69, 9.17) is 9.47 Å².